The van der Waals surface area contributed by atoms with Gasteiger partial charge < -0.3 is 4.74 Å². The van der Waals surface area contributed by atoms with Crippen molar-refractivity contribution in [1.29, 1.82) is 0 Å². The van der Waals surface area contributed by atoms with E-state index < -0.39 is 0 Å². The lowest BCUT2D eigenvalue weighted by molar-refractivity contribution is -0.121. The second kappa shape index (κ2) is 6.46. The van der Waals surface area contributed by atoms with Crippen LogP contribution in [-0.4, -0.2) is 30.2 Å². The number of ether oxygens (including phenoxy) is 1. The van der Waals surface area contributed by atoms with Crippen molar-refractivity contribution in [3.63, 3.8) is 0 Å². The normalized spacial score (nSPS) is 22.7. The van der Waals surface area contributed by atoms with Crippen LogP contribution in [-0.2, 0) is 4.79 Å². The molecular formula is C18H17NO3S. The molecule has 1 fully saturated rings. The number of likely N-dealkylation sites (N-methyl/N-ethyl adjacent to an activating group) is 1. The van der Waals surface area contributed by atoms with E-state index >= 15 is 0 Å². The number of thioether (sulfide) groups is 1. The van der Waals surface area contributed by atoms with Crippen molar-refractivity contribution in [3.05, 3.63) is 59.0 Å². The Morgan fingerprint density at radius 2 is 2.00 bits per heavy atom. The molecule has 1 unspecified atom stereocenters. The van der Waals surface area contributed by atoms with E-state index in [0.717, 1.165) is 34.4 Å². The fourth-order valence-corrected chi connectivity index (χ4v) is 3.47. The Morgan fingerprint density at radius 3 is 2.61 bits per heavy atom. The van der Waals surface area contributed by atoms with Crippen molar-refractivity contribution in [2.24, 2.45) is 5.92 Å². The van der Waals surface area contributed by atoms with E-state index in [-0.39, 0.29) is 17.1 Å². The maximum Gasteiger partial charge on any atom is 0.293 e. The second-order valence-corrected chi connectivity index (χ2v) is 6.43. The number of allylic oxidation sites excluding steroid dienone is 5. The topological polar surface area (TPSA) is 46.6 Å². The van der Waals surface area contributed by atoms with Crippen LogP contribution in [0.5, 0.6) is 5.75 Å². The van der Waals surface area contributed by atoms with E-state index in [0.29, 0.717) is 4.91 Å². The highest BCUT2D eigenvalue weighted by Gasteiger charge is 2.32. The van der Waals surface area contributed by atoms with Gasteiger partial charge in [0.1, 0.15) is 5.75 Å². The zero-order chi connectivity index (χ0) is 16.4. The van der Waals surface area contributed by atoms with Crippen LogP contribution < -0.4 is 4.74 Å². The molecule has 1 aliphatic carbocycles. The fraction of sp³-hybridized carbons (Fsp3) is 0.222. The molecular weight excluding hydrogens is 310 g/mol. The quantitative estimate of drug-likeness (QED) is 0.791. The molecule has 0 bridgehead atoms. The van der Waals surface area contributed by atoms with Gasteiger partial charge >= 0.3 is 0 Å². The van der Waals surface area contributed by atoms with Crippen LogP contribution in [0.4, 0.5) is 4.79 Å². The number of carbonyl (C=O) groups is 2. The van der Waals surface area contributed by atoms with Crippen LogP contribution in [0.15, 0.2) is 53.5 Å². The summed E-state index contributed by atoms with van der Waals surface area (Å²) in [5, 5.41) is -0.216. The summed E-state index contributed by atoms with van der Waals surface area (Å²) in [5.41, 5.74) is 2.34. The lowest BCUT2D eigenvalue weighted by atomic mass is 9.89. The van der Waals surface area contributed by atoms with Crippen LogP contribution >= 0.6 is 11.8 Å². The molecule has 2 aliphatic rings. The SMILES string of the molecule is COc1ccc(C2=CC=CC(/C=C3\SC(=O)N(C)C3=O)C2)cc1. The minimum atomic E-state index is -0.216. The first kappa shape index (κ1) is 15.6. The Labute approximate surface area is 139 Å². The predicted molar refractivity (Wildman–Crippen MR) is 92.1 cm³/mol. The smallest absolute Gasteiger partial charge is 0.293 e. The van der Waals surface area contributed by atoms with Crippen molar-refractivity contribution in [2.45, 2.75) is 6.42 Å². The molecule has 1 aromatic carbocycles. The summed E-state index contributed by atoms with van der Waals surface area (Å²) in [7, 11) is 3.16. The summed E-state index contributed by atoms with van der Waals surface area (Å²) in [6.07, 6.45) is 8.83. The molecule has 1 heterocycles. The van der Waals surface area contributed by atoms with E-state index in [2.05, 4.69) is 12.2 Å². The molecule has 1 atom stereocenters. The average Bonchev–Trinajstić information content (AvgIpc) is 2.82. The van der Waals surface area contributed by atoms with Gasteiger partial charge in [-0.2, -0.15) is 0 Å². The number of benzene rings is 1. The molecule has 4 nitrogen and oxygen atoms in total. The third-order valence-electron chi connectivity index (χ3n) is 3.92. The number of hydrogen-bond acceptors (Lipinski definition) is 4. The van der Waals surface area contributed by atoms with Crippen LogP contribution in [0.2, 0.25) is 0 Å². The maximum absolute atomic E-state index is 12.0. The zero-order valence-corrected chi connectivity index (χ0v) is 13.8. The summed E-state index contributed by atoms with van der Waals surface area (Å²) in [6, 6.07) is 7.93. The first-order chi connectivity index (χ1) is 11.1. The molecule has 1 saturated heterocycles. The van der Waals surface area contributed by atoms with Crippen LogP contribution in [0.25, 0.3) is 5.57 Å². The van der Waals surface area contributed by atoms with Crippen molar-refractivity contribution >= 4 is 28.5 Å². The monoisotopic (exact) mass is 327 g/mol. The summed E-state index contributed by atoms with van der Waals surface area (Å²) in [5.74, 6) is 0.727. The summed E-state index contributed by atoms with van der Waals surface area (Å²) < 4.78 is 5.18. The van der Waals surface area contributed by atoms with Gasteiger partial charge in [-0.15, -0.1) is 0 Å². The zero-order valence-electron chi connectivity index (χ0n) is 13.0. The largest absolute Gasteiger partial charge is 0.497 e. The molecule has 5 heteroatoms. The van der Waals surface area contributed by atoms with Gasteiger partial charge in [0, 0.05) is 13.0 Å². The van der Waals surface area contributed by atoms with Gasteiger partial charge in [0.2, 0.25) is 0 Å². The number of imide groups is 1. The molecule has 23 heavy (non-hydrogen) atoms. The van der Waals surface area contributed by atoms with Gasteiger partial charge in [-0.05, 0) is 41.5 Å². The molecule has 0 aromatic heterocycles. The summed E-state index contributed by atoms with van der Waals surface area (Å²) in [4.78, 5) is 25.2. The highest BCUT2D eigenvalue weighted by molar-refractivity contribution is 8.18. The molecule has 1 aliphatic heterocycles. The first-order valence-electron chi connectivity index (χ1n) is 7.32. The molecule has 0 spiro atoms. The van der Waals surface area contributed by atoms with Gasteiger partial charge in [-0.1, -0.05) is 36.4 Å². The molecule has 0 radical (unpaired) electrons. The molecule has 0 saturated carbocycles. The lowest BCUT2D eigenvalue weighted by Gasteiger charge is -2.16. The number of nitrogens with zero attached hydrogens (tertiary/aromatic N) is 1. The molecule has 118 valence electrons. The second-order valence-electron chi connectivity index (χ2n) is 5.44. The van der Waals surface area contributed by atoms with Gasteiger partial charge in [0.05, 0.1) is 12.0 Å². The maximum atomic E-state index is 12.0. The first-order valence-corrected chi connectivity index (χ1v) is 8.13. The third-order valence-corrected chi connectivity index (χ3v) is 4.90. The van der Waals surface area contributed by atoms with Gasteiger partial charge in [0.25, 0.3) is 11.1 Å². The molecule has 2 amide bonds. The van der Waals surface area contributed by atoms with Crippen LogP contribution in [0.1, 0.15) is 12.0 Å². The van der Waals surface area contributed by atoms with Gasteiger partial charge in [0.15, 0.2) is 0 Å². The van der Waals surface area contributed by atoms with Gasteiger partial charge in [-0.3, -0.25) is 14.5 Å². The van der Waals surface area contributed by atoms with E-state index in [4.69, 9.17) is 4.74 Å². The minimum Gasteiger partial charge on any atom is -0.497 e. The minimum absolute atomic E-state index is 0.114. The molecule has 1 aromatic rings. The van der Waals surface area contributed by atoms with Crippen molar-refractivity contribution in [2.75, 3.05) is 14.2 Å². The third kappa shape index (κ3) is 3.24. The van der Waals surface area contributed by atoms with Crippen molar-refractivity contribution < 1.29 is 14.3 Å². The number of carbonyl (C=O) groups excluding carboxylic acids is 2. The highest BCUT2D eigenvalue weighted by atomic mass is 32.2. The Bertz CT molecular complexity index is 731. The number of amides is 2. The van der Waals surface area contributed by atoms with Gasteiger partial charge in [-0.25, -0.2) is 0 Å². The summed E-state index contributed by atoms with van der Waals surface area (Å²) >= 11 is 1.01. The predicted octanol–water partition coefficient (Wildman–Crippen LogP) is 3.86. The Balaban J connectivity index is 1.76. The Kier molecular flexibility index (Phi) is 4.39. The Morgan fingerprint density at radius 1 is 1.26 bits per heavy atom. The number of rotatable bonds is 3. The Hall–Kier alpha value is -2.27. The standard InChI is InChI=1S/C18H17NO3S/c1-19-17(20)16(23-18(19)21)11-12-4-3-5-14(10-12)13-6-8-15(22-2)9-7-13/h3-9,11-12H,10H2,1-2H3/b16-11-. The molecule has 3 rings (SSSR count). The summed E-state index contributed by atoms with van der Waals surface area (Å²) in [6.45, 7) is 0. The van der Waals surface area contributed by atoms with E-state index in [1.54, 1.807) is 7.11 Å². The van der Waals surface area contributed by atoms with E-state index in [9.17, 15) is 9.59 Å². The average molecular weight is 327 g/mol. The van der Waals surface area contributed by atoms with E-state index in [1.807, 2.05) is 36.4 Å². The highest BCUT2D eigenvalue weighted by Crippen LogP contribution is 2.34. The molecule has 0 N–H and O–H groups in total. The number of hydrogen-bond donors (Lipinski definition) is 0. The number of methoxy groups -OCH3 is 1. The van der Waals surface area contributed by atoms with Crippen LogP contribution in [0, 0.1) is 5.92 Å². The van der Waals surface area contributed by atoms with E-state index in [1.165, 1.54) is 12.6 Å². The lowest BCUT2D eigenvalue weighted by Crippen LogP contribution is -2.22. The van der Waals surface area contributed by atoms with Crippen LogP contribution in [0.3, 0.4) is 0 Å². The fourth-order valence-electron chi connectivity index (χ4n) is 2.59. The van der Waals surface area contributed by atoms with Crippen molar-refractivity contribution in [3.8, 4) is 5.75 Å². The van der Waals surface area contributed by atoms with Crippen molar-refractivity contribution in [1.82, 2.24) is 4.90 Å².